The number of amides is 2. The fourth-order valence-corrected chi connectivity index (χ4v) is 3.64. The molecule has 5 nitrogen and oxygen atoms in total. The van der Waals surface area contributed by atoms with Crippen molar-refractivity contribution in [1.82, 2.24) is 10.2 Å². The van der Waals surface area contributed by atoms with Gasteiger partial charge in [-0.1, -0.05) is 79.7 Å². The first-order valence-electron chi connectivity index (χ1n) is 11.4. The van der Waals surface area contributed by atoms with Gasteiger partial charge in [0.25, 0.3) is 5.91 Å². The number of carbonyl (C=O) groups is 2. The van der Waals surface area contributed by atoms with Gasteiger partial charge in [0, 0.05) is 19.5 Å². The van der Waals surface area contributed by atoms with Crippen LogP contribution in [0.2, 0.25) is 0 Å². The molecule has 3 rings (SSSR count). The van der Waals surface area contributed by atoms with Gasteiger partial charge in [-0.25, -0.2) is 0 Å². The van der Waals surface area contributed by atoms with E-state index in [0.29, 0.717) is 25.3 Å². The minimum absolute atomic E-state index is 0.137. The van der Waals surface area contributed by atoms with Gasteiger partial charge in [-0.3, -0.25) is 9.59 Å². The van der Waals surface area contributed by atoms with E-state index in [-0.39, 0.29) is 18.4 Å². The van der Waals surface area contributed by atoms with Crippen LogP contribution in [0.15, 0.2) is 84.9 Å². The second-order valence-corrected chi connectivity index (χ2v) is 8.05. The molecule has 0 aliphatic carbocycles. The van der Waals surface area contributed by atoms with Crippen molar-refractivity contribution in [3.8, 4) is 5.75 Å². The third-order valence-electron chi connectivity index (χ3n) is 5.53. The number of ether oxygens (including phenoxy) is 1. The van der Waals surface area contributed by atoms with Gasteiger partial charge < -0.3 is 15.0 Å². The Hall–Kier alpha value is -3.60. The minimum atomic E-state index is -0.648. The minimum Gasteiger partial charge on any atom is -0.484 e. The van der Waals surface area contributed by atoms with Crippen molar-refractivity contribution in [2.45, 2.75) is 39.3 Å². The van der Waals surface area contributed by atoms with E-state index in [2.05, 4.69) is 5.32 Å². The van der Waals surface area contributed by atoms with E-state index >= 15 is 0 Å². The lowest BCUT2D eigenvalue weighted by Gasteiger charge is -2.32. The van der Waals surface area contributed by atoms with Crippen molar-refractivity contribution >= 4 is 11.8 Å². The number of nitrogens with zero attached hydrogens (tertiary/aromatic N) is 1. The highest BCUT2D eigenvalue weighted by molar-refractivity contribution is 5.88. The van der Waals surface area contributed by atoms with Crippen LogP contribution in [0.5, 0.6) is 5.75 Å². The van der Waals surface area contributed by atoms with Gasteiger partial charge in [0.2, 0.25) is 5.91 Å². The SMILES string of the molecule is CCCNC(=O)[C@H](Cc1ccccc1)N(Cc1ccccc1C)C(=O)COc1ccccc1. The van der Waals surface area contributed by atoms with Crippen LogP contribution in [-0.2, 0) is 22.6 Å². The molecular formula is C28H32N2O3. The molecule has 1 atom stereocenters. The Kier molecular flexibility index (Phi) is 9.07. The summed E-state index contributed by atoms with van der Waals surface area (Å²) < 4.78 is 5.76. The number of para-hydroxylation sites is 1. The molecule has 0 radical (unpaired) electrons. The van der Waals surface area contributed by atoms with Crippen molar-refractivity contribution in [3.63, 3.8) is 0 Å². The topological polar surface area (TPSA) is 58.6 Å². The first kappa shape index (κ1) is 24.1. The van der Waals surface area contributed by atoms with Crippen LogP contribution in [0.3, 0.4) is 0 Å². The van der Waals surface area contributed by atoms with Crippen LogP contribution >= 0.6 is 0 Å². The normalized spacial score (nSPS) is 11.5. The van der Waals surface area contributed by atoms with Crippen LogP contribution in [0, 0.1) is 6.92 Å². The first-order chi connectivity index (χ1) is 16.1. The van der Waals surface area contributed by atoms with E-state index in [1.807, 2.05) is 98.8 Å². The highest BCUT2D eigenvalue weighted by Crippen LogP contribution is 2.18. The van der Waals surface area contributed by atoms with Crippen LogP contribution in [0.1, 0.15) is 30.0 Å². The van der Waals surface area contributed by atoms with Crippen molar-refractivity contribution in [2.75, 3.05) is 13.2 Å². The monoisotopic (exact) mass is 444 g/mol. The predicted octanol–water partition coefficient (Wildman–Crippen LogP) is 4.54. The maximum absolute atomic E-state index is 13.5. The Balaban J connectivity index is 1.89. The van der Waals surface area contributed by atoms with Gasteiger partial charge in [0.05, 0.1) is 0 Å². The van der Waals surface area contributed by atoms with Crippen molar-refractivity contribution < 1.29 is 14.3 Å². The summed E-state index contributed by atoms with van der Waals surface area (Å²) in [5.74, 6) is 0.244. The van der Waals surface area contributed by atoms with Gasteiger partial charge in [-0.2, -0.15) is 0 Å². The van der Waals surface area contributed by atoms with Crippen molar-refractivity contribution in [3.05, 3.63) is 102 Å². The highest BCUT2D eigenvalue weighted by Gasteiger charge is 2.30. The molecular weight excluding hydrogens is 412 g/mol. The van der Waals surface area contributed by atoms with Crippen molar-refractivity contribution in [2.24, 2.45) is 0 Å². The molecule has 1 N–H and O–H groups in total. The van der Waals surface area contributed by atoms with E-state index < -0.39 is 6.04 Å². The van der Waals surface area contributed by atoms with Gasteiger partial charge >= 0.3 is 0 Å². The summed E-state index contributed by atoms with van der Waals surface area (Å²) in [5.41, 5.74) is 3.08. The molecule has 0 aliphatic rings. The number of carbonyl (C=O) groups excluding carboxylic acids is 2. The molecule has 0 aliphatic heterocycles. The lowest BCUT2D eigenvalue weighted by molar-refractivity contribution is -0.142. The standard InChI is InChI=1S/C28H32N2O3/c1-3-18-29-28(32)26(19-23-13-6-4-7-14-23)30(20-24-15-11-10-12-22(24)2)27(31)21-33-25-16-8-5-9-17-25/h4-17,26H,3,18-21H2,1-2H3,(H,29,32)/t26-/m0/s1. The lowest BCUT2D eigenvalue weighted by atomic mass is 10.0. The van der Waals surface area contributed by atoms with Crippen LogP contribution in [0.4, 0.5) is 0 Å². The maximum Gasteiger partial charge on any atom is 0.261 e. The summed E-state index contributed by atoms with van der Waals surface area (Å²) in [6.45, 7) is 4.79. The molecule has 2 amide bonds. The molecule has 0 heterocycles. The van der Waals surface area contributed by atoms with E-state index in [0.717, 1.165) is 23.1 Å². The zero-order valence-electron chi connectivity index (χ0n) is 19.4. The molecule has 33 heavy (non-hydrogen) atoms. The van der Waals surface area contributed by atoms with Gasteiger partial charge in [0.1, 0.15) is 11.8 Å². The number of rotatable bonds is 11. The summed E-state index contributed by atoms with van der Waals surface area (Å²) in [6.07, 6.45) is 1.26. The third-order valence-corrected chi connectivity index (χ3v) is 5.53. The molecule has 0 bridgehead atoms. The third kappa shape index (κ3) is 7.21. The number of benzene rings is 3. The Bertz CT molecular complexity index is 1020. The summed E-state index contributed by atoms with van der Waals surface area (Å²) in [4.78, 5) is 28.4. The summed E-state index contributed by atoms with van der Waals surface area (Å²) in [6, 6.07) is 26.3. The average molecular weight is 445 g/mol. The quantitative estimate of drug-likeness (QED) is 0.472. The molecule has 0 saturated heterocycles. The second kappa shape index (κ2) is 12.4. The number of hydrogen-bond donors (Lipinski definition) is 1. The molecule has 3 aromatic rings. The molecule has 0 saturated carbocycles. The number of aryl methyl sites for hydroxylation is 1. The molecule has 5 heteroatoms. The maximum atomic E-state index is 13.5. The van der Waals surface area contributed by atoms with Crippen LogP contribution in [0.25, 0.3) is 0 Å². The van der Waals surface area contributed by atoms with E-state index in [1.54, 1.807) is 4.90 Å². The second-order valence-electron chi connectivity index (χ2n) is 8.05. The first-order valence-corrected chi connectivity index (χ1v) is 11.4. The molecule has 0 unspecified atom stereocenters. The number of hydrogen-bond acceptors (Lipinski definition) is 3. The largest absolute Gasteiger partial charge is 0.484 e. The smallest absolute Gasteiger partial charge is 0.261 e. The Morgan fingerprint density at radius 3 is 2.21 bits per heavy atom. The van der Waals surface area contributed by atoms with Gasteiger partial charge in [-0.05, 0) is 42.2 Å². The number of nitrogens with one attached hydrogen (secondary N) is 1. The molecule has 3 aromatic carbocycles. The summed E-state index contributed by atoms with van der Waals surface area (Å²) >= 11 is 0. The molecule has 172 valence electrons. The Morgan fingerprint density at radius 1 is 0.909 bits per heavy atom. The van der Waals surface area contributed by atoms with E-state index in [4.69, 9.17) is 4.74 Å². The Labute approximate surface area is 196 Å². The van der Waals surface area contributed by atoms with E-state index in [1.165, 1.54) is 0 Å². The molecule has 0 fully saturated rings. The van der Waals surface area contributed by atoms with Crippen LogP contribution < -0.4 is 10.1 Å². The van der Waals surface area contributed by atoms with Crippen LogP contribution in [-0.4, -0.2) is 35.9 Å². The lowest BCUT2D eigenvalue weighted by Crippen LogP contribution is -2.51. The zero-order chi connectivity index (χ0) is 23.5. The fraction of sp³-hybridized carbons (Fsp3) is 0.286. The van der Waals surface area contributed by atoms with Gasteiger partial charge in [0.15, 0.2) is 6.61 Å². The average Bonchev–Trinajstić information content (AvgIpc) is 2.85. The highest BCUT2D eigenvalue weighted by atomic mass is 16.5. The fourth-order valence-electron chi connectivity index (χ4n) is 3.64. The van der Waals surface area contributed by atoms with Gasteiger partial charge in [-0.15, -0.1) is 0 Å². The summed E-state index contributed by atoms with van der Waals surface area (Å²) in [7, 11) is 0. The molecule has 0 aromatic heterocycles. The van der Waals surface area contributed by atoms with E-state index in [9.17, 15) is 9.59 Å². The summed E-state index contributed by atoms with van der Waals surface area (Å²) in [5, 5.41) is 2.99. The zero-order valence-corrected chi connectivity index (χ0v) is 19.4. The predicted molar refractivity (Wildman–Crippen MR) is 131 cm³/mol. The Morgan fingerprint density at radius 2 is 1.55 bits per heavy atom. The molecule has 0 spiro atoms. The van der Waals surface area contributed by atoms with Crippen molar-refractivity contribution in [1.29, 1.82) is 0 Å².